The molecular formula is C44H80NO10P. The molecule has 1 heterocycles. The maximum atomic E-state index is 12.7. The molecule has 0 aliphatic carbocycles. The summed E-state index contributed by atoms with van der Waals surface area (Å²) < 4.78 is 39.4. The highest BCUT2D eigenvalue weighted by atomic mass is 31.2. The molecule has 1 saturated heterocycles. The second-order valence-electron chi connectivity index (χ2n) is 16.3. The van der Waals surface area contributed by atoms with E-state index in [2.05, 4.69) is 26.0 Å². The van der Waals surface area contributed by atoms with Gasteiger partial charge in [0.25, 0.3) is 7.82 Å². The topological polar surface area (TPSA) is 144 Å². The van der Waals surface area contributed by atoms with Gasteiger partial charge < -0.3 is 37.7 Å². The number of epoxide rings is 1. The molecule has 0 saturated carbocycles. The number of aliphatic hydroxyl groups is 1. The van der Waals surface area contributed by atoms with Crippen LogP contribution in [0.25, 0.3) is 0 Å². The third kappa shape index (κ3) is 33.2. The maximum Gasteiger partial charge on any atom is 0.306 e. The first-order chi connectivity index (χ1) is 26.8. The number of aliphatic hydroxyl groups excluding tert-OH is 1. The molecule has 0 aromatic heterocycles. The number of esters is 2. The van der Waals surface area contributed by atoms with Gasteiger partial charge in [0.05, 0.1) is 40.0 Å². The predicted molar refractivity (Wildman–Crippen MR) is 223 cm³/mol. The van der Waals surface area contributed by atoms with Crippen LogP contribution in [0.1, 0.15) is 162 Å². The van der Waals surface area contributed by atoms with Crippen LogP contribution in [0.2, 0.25) is 0 Å². The Bertz CT molecular complexity index is 1140. The summed E-state index contributed by atoms with van der Waals surface area (Å²) in [6.07, 6.45) is 33.7. The normalized spacial score (nSPS) is 18.1. The molecule has 1 rings (SSSR count). The van der Waals surface area contributed by atoms with Gasteiger partial charge in [0.1, 0.15) is 25.9 Å². The molecule has 0 spiro atoms. The number of phosphoric ester groups is 1. The number of carbonyl (C=O) groups is 2. The zero-order valence-electron chi connectivity index (χ0n) is 35.9. The molecule has 0 amide bonds. The number of carbonyl (C=O) groups excluding carboxylic acids is 2. The fraction of sp³-hybridized carbons (Fsp3) is 0.818. The molecule has 1 aliphatic rings. The molecule has 0 aromatic rings. The average Bonchev–Trinajstić information content (AvgIpc) is 3.90. The van der Waals surface area contributed by atoms with Gasteiger partial charge in [0.2, 0.25) is 0 Å². The minimum Gasteiger partial charge on any atom is -0.756 e. The van der Waals surface area contributed by atoms with Gasteiger partial charge in [0, 0.05) is 12.8 Å². The summed E-state index contributed by atoms with van der Waals surface area (Å²) in [5, 5.41) is 10.3. The van der Waals surface area contributed by atoms with Crippen molar-refractivity contribution in [3.8, 4) is 0 Å². The second kappa shape index (κ2) is 33.0. The van der Waals surface area contributed by atoms with Gasteiger partial charge in [-0.15, -0.1) is 0 Å². The molecule has 1 fully saturated rings. The van der Waals surface area contributed by atoms with Crippen LogP contribution in [-0.4, -0.2) is 93.5 Å². The monoisotopic (exact) mass is 814 g/mol. The highest BCUT2D eigenvalue weighted by Crippen LogP contribution is 2.38. The Morgan fingerprint density at radius 2 is 1.32 bits per heavy atom. The lowest BCUT2D eigenvalue weighted by molar-refractivity contribution is -0.870. The largest absolute Gasteiger partial charge is 0.756 e. The number of ether oxygens (including phenoxy) is 3. The number of nitrogens with zero attached hydrogens (tertiary/aromatic N) is 1. The van der Waals surface area contributed by atoms with Crippen LogP contribution in [0.4, 0.5) is 0 Å². The first-order valence-corrected chi connectivity index (χ1v) is 23.4. The van der Waals surface area contributed by atoms with Crippen molar-refractivity contribution in [3.63, 3.8) is 0 Å². The number of allylic oxidation sites excluding steroid dienone is 2. The molecular weight excluding hydrogens is 733 g/mol. The van der Waals surface area contributed by atoms with E-state index in [0.717, 1.165) is 32.1 Å². The number of phosphoric acid groups is 1. The van der Waals surface area contributed by atoms with E-state index in [4.69, 9.17) is 23.3 Å². The maximum absolute atomic E-state index is 12.7. The van der Waals surface area contributed by atoms with Gasteiger partial charge in [0.15, 0.2) is 6.10 Å². The summed E-state index contributed by atoms with van der Waals surface area (Å²) >= 11 is 0. The number of unbranched alkanes of at least 4 members (excludes halogenated alkanes) is 16. The van der Waals surface area contributed by atoms with Crippen molar-refractivity contribution in [1.29, 1.82) is 0 Å². The Hall–Kier alpha value is -1.85. The lowest BCUT2D eigenvalue weighted by Crippen LogP contribution is -2.37. The van der Waals surface area contributed by atoms with E-state index >= 15 is 0 Å². The Labute approximate surface area is 340 Å². The summed E-state index contributed by atoms with van der Waals surface area (Å²) in [6.45, 7) is 4.00. The SMILES string of the molecule is CCCCC/C=C/CC1OC1/C=C\C(O)C/C=C/CCCC(=O)OC(COC(=O)CCCCCCCCCCCCCCC)COP(=O)([O-])OCC[N+](C)(C)C. The Morgan fingerprint density at radius 3 is 1.96 bits per heavy atom. The molecule has 5 atom stereocenters. The summed E-state index contributed by atoms with van der Waals surface area (Å²) in [7, 11) is 1.07. The predicted octanol–water partition coefficient (Wildman–Crippen LogP) is 9.46. The van der Waals surface area contributed by atoms with E-state index in [1.165, 1.54) is 77.0 Å². The van der Waals surface area contributed by atoms with Crippen LogP contribution < -0.4 is 4.89 Å². The molecule has 0 bridgehead atoms. The van der Waals surface area contributed by atoms with Gasteiger partial charge >= 0.3 is 11.9 Å². The van der Waals surface area contributed by atoms with E-state index in [9.17, 15) is 24.2 Å². The molecule has 0 radical (unpaired) electrons. The average molecular weight is 814 g/mol. The van der Waals surface area contributed by atoms with Gasteiger partial charge in [-0.05, 0) is 44.9 Å². The zero-order chi connectivity index (χ0) is 41.3. The molecule has 0 aromatic carbocycles. The van der Waals surface area contributed by atoms with Crippen molar-refractivity contribution < 1.29 is 51.9 Å². The van der Waals surface area contributed by atoms with Crippen molar-refractivity contribution in [2.75, 3.05) is 47.5 Å². The van der Waals surface area contributed by atoms with E-state index in [0.29, 0.717) is 36.7 Å². The van der Waals surface area contributed by atoms with E-state index in [1.54, 1.807) is 6.08 Å². The van der Waals surface area contributed by atoms with Crippen LogP contribution in [0.15, 0.2) is 36.5 Å². The first kappa shape index (κ1) is 52.2. The number of hydrogen-bond acceptors (Lipinski definition) is 10. The minimum absolute atomic E-state index is 0.0580. The summed E-state index contributed by atoms with van der Waals surface area (Å²) in [5.41, 5.74) is 0. The Balaban J connectivity index is 2.37. The lowest BCUT2D eigenvalue weighted by atomic mass is 10.0. The van der Waals surface area contributed by atoms with Crippen LogP contribution in [0.3, 0.4) is 0 Å². The molecule has 56 heavy (non-hydrogen) atoms. The van der Waals surface area contributed by atoms with Crippen LogP contribution >= 0.6 is 7.82 Å². The van der Waals surface area contributed by atoms with Crippen molar-refractivity contribution >= 4 is 19.8 Å². The van der Waals surface area contributed by atoms with Crippen molar-refractivity contribution in [2.24, 2.45) is 0 Å². The molecule has 11 nitrogen and oxygen atoms in total. The standard InChI is InChI=1S/C44H80NO10P/c1-6-8-10-12-14-15-16-17-18-19-20-22-27-31-43(47)51-37-40(38-53-56(49,50)52-36-35-45(3,4)5)54-44(48)32-28-24-23-25-29-39(46)33-34-42-41(55-42)30-26-21-13-11-9-7-2/h21,23,25-26,33-34,39-42,46H,6-20,22,24,27-32,35-38H2,1-5H3/b25-23+,26-21+,34-33-. The first-order valence-electron chi connectivity index (χ1n) is 21.9. The molecule has 326 valence electrons. The number of likely N-dealkylation sites (N-methyl/N-ethyl adjacent to an activating group) is 1. The van der Waals surface area contributed by atoms with Gasteiger partial charge in [-0.2, -0.15) is 0 Å². The van der Waals surface area contributed by atoms with E-state index in [-0.39, 0.29) is 38.3 Å². The second-order valence-corrected chi connectivity index (χ2v) is 17.7. The smallest absolute Gasteiger partial charge is 0.306 e. The van der Waals surface area contributed by atoms with E-state index < -0.39 is 38.6 Å². The number of quaternary nitrogens is 1. The molecule has 12 heteroatoms. The highest BCUT2D eigenvalue weighted by molar-refractivity contribution is 7.45. The Morgan fingerprint density at radius 1 is 0.750 bits per heavy atom. The third-order valence-electron chi connectivity index (χ3n) is 9.59. The summed E-state index contributed by atoms with van der Waals surface area (Å²) in [4.78, 5) is 37.5. The molecule has 1 aliphatic heterocycles. The quantitative estimate of drug-likeness (QED) is 0.0160. The summed E-state index contributed by atoms with van der Waals surface area (Å²) in [6, 6.07) is 0. The lowest BCUT2D eigenvalue weighted by Gasteiger charge is -2.28. The molecule has 5 unspecified atom stereocenters. The van der Waals surface area contributed by atoms with Crippen molar-refractivity contribution in [3.05, 3.63) is 36.5 Å². The highest BCUT2D eigenvalue weighted by Gasteiger charge is 2.35. The Kier molecular flexibility index (Phi) is 30.8. The fourth-order valence-electron chi connectivity index (χ4n) is 5.95. The van der Waals surface area contributed by atoms with Crippen molar-refractivity contribution in [2.45, 2.75) is 186 Å². The van der Waals surface area contributed by atoms with Crippen LogP contribution in [-0.2, 0) is 37.4 Å². The van der Waals surface area contributed by atoms with Crippen LogP contribution in [0.5, 0.6) is 0 Å². The van der Waals surface area contributed by atoms with Gasteiger partial charge in [-0.3, -0.25) is 14.2 Å². The van der Waals surface area contributed by atoms with Crippen molar-refractivity contribution in [1.82, 2.24) is 0 Å². The fourth-order valence-corrected chi connectivity index (χ4v) is 6.68. The molecule has 1 N–H and O–H groups in total. The van der Waals surface area contributed by atoms with Crippen LogP contribution in [0, 0.1) is 0 Å². The number of rotatable bonds is 38. The zero-order valence-corrected chi connectivity index (χ0v) is 36.8. The minimum atomic E-state index is -4.66. The number of hydrogen-bond donors (Lipinski definition) is 1. The van der Waals surface area contributed by atoms with Gasteiger partial charge in [-0.1, -0.05) is 140 Å². The third-order valence-corrected chi connectivity index (χ3v) is 10.6. The summed E-state index contributed by atoms with van der Waals surface area (Å²) in [5.74, 6) is -0.973. The van der Waals surface area contributed by atoms with Gasteiger partial charge in [-0.25, -0.2) is 0 Å². The van der Waals surface area contributed by atoms with E-state index in [1.807, 2.05) is 39.4 Å².